The van der Waals surface area contributed by atoms with Crippen LogP contribution in [0.3, 0.4) is 0 Å². The number of halogens is 1. The first-order valence-electron chi connectivity index (χ1n) is 8.36. The molecule has 0 aliphatic carbocycles. The van der Waals surface area contributed by atoms with Crippen LogP contribution in [-0.2, 0) is 24.4 Å². The lowest BCUT2D eigenvalue weighted by Gasteiger charge is -2.13. The van der Waals surface area contributed by atoms with Crippen molar-refractivity contribution in [1.29, 1.82) is 0 Å². The summed E-state index contributed by atoms with van der Waals surface area (Å²) in [6.45, 7) is 5.14. The van der Waals surface area contributed by atoms with Crippen LogP contribution in [0.25, 0.3) is 0 Å². The minimum Gasteiger partial charge on any atom is -0.460 e. The summed E-state index contributed by atoms with van der Waals surface area (Å²) < 4.78 is 14.7. The molecule has 136 valence electrons. The Morgan fingerprint density at radius 1 is 1.04 bits per heavy atom. The highest BCUT2D eigenvalue weighted by Crippen LogP contribution is 2.11. The predicted octanol–water partition coefficient (Wildman–Crippen LogP) is 3.15. The van der Waals surface area contributed by atoms with Gasteiger partial charge in [0, 0.05) is 17.6 Å². The number of nitrogens with zero attached hydrogens (tertiary/aromatic N) is 2. The van der Waals surface area contributed by atoms with E-state index in [4.69, 9.17) is 9.47 Å². The molecule has 1 aromatic heterocycles. The number of aromatic nitrogens is 2. The summed E-state index contributed by atoms with van der Waals surface area (Å²) in [6, 6.07) is 7.76. The molecule has 1 heterocycles. The number of ether oxygens (including phenoxy) is 2. The van der Waals surface area contributed by atoms with E-state index in [9.17, 15) is 9.59 Å². The van der Waals surface area contributed by atoms with E-state index in [0.717, 1.165) is 16.5 Å². The van der Waals surface area contributed by atoms with Gasteiger partial charge in [-0.1, -0.05) is 41.9 Å². The molecule has 0 bridgehead atoms. The third kappa shape index (κ3) is 5.31. The Morgan fingerprint density at radius 2 is 1.72 bits per heavy atom. The maximum atomic E-state index is 12.4. The molecule has 0 saturated carbocycles. The summed E-state index contributed by atoms with van der Waals surface area (Å²) in [4.78, 5) is 24.7. The Bertz CT molecular complexity index is 796. The minimum atomic E-state index is -0.411. The van der Waals surface area contributed by atoms with E-state index in [2.05, 4.69) is 15.9 Å². The Hall–Kier alpha value is -1.86. The van der Waals surface area contributed by atoms with Crippen molar-refractivity contribution in [3.63, 3.8) is 0 Å². The van der Waals surface area contributed by atoms with Gasteiger partial charge in [0.25, 0.3) is 5.56 Å². The standard InChI is InChI=1S/C18H23BrN2O4/c1-3-9-20-11-16(17(22)21(10-4-2)18(20)23)25-13-24-12-14-5-7-15(19)8-6-14/h5-8,11H,3-4,9-10,12-13H2,1-2H3. The molecule has 0 fully saturated rings. The van der Waals surface area contributed by atoms with Crippen molar-refractivity contribution in [2.75, 3.05) is 6.79 Å². The molecule has 2 aromatic rings. The molecule has 0 amide bonds. The molecule has 0 atom stereocenters. The highest BCUT2D eigenvalue weighted by atomic mass is 79.9. The third-order valence-corrected chi connectivity index (χ3v) is 4.13. The van der Waals surface area contributed by atoms with Crippen LogP contribution in [0.2, 0.25) is 0 Å². The Labute approximate surface area is 155 Å². The van der Waals surface area contributed by atoms with Gasteiger partial charge < -0.3 is 9.47 Å². The van der Waals surface area contributed by atoms with Gasteiger partial charge in [-0.05, 0) is 30.5 Å². The second-order valence-corrected chi connectivity index (χ2v) is 6.58. The summed E-state index contributed by atoms with van der Waals surface area (Å²) in [5.41, 5.74) is 0.300. The van der Waals surface area contributed by atoms with Gasteiger partial charge >= 0.3 is 5.69 Å². The fourth-order valence-electron chi connectivity index (χ4n) is 2.39. The van der Waals surface area contributed by atoms with Gasteiger partial charge in [-0.2, -0.15) is 0 Å². The number of rotatable bonds is 9. The van der Waals surface area contributed by atoms with Crippen LogP contribution in [0, 0.1) is 0 Å². The van der Waals surface area contributed by atoms with Crippen molar-refractivity contribution in [1.82, 2.24) is 9.13 Å². The van der Waals surface area contributed by atoms with Gasteiger partial charge in [0.1, 0.15) is 0 Å². The van der Waals surface area contributed by atoms with Crippen LogP contribution < -0.4 is 16.0 Å². The average Bonchev–Trinajstić information content (AvgIpc) is 2.61. The molecular weight excluding hydrogens is 388 g/mol. The van der Waals surface area contributed by atoms with Crippen LogP contribution in [0.15, 0.2) is 44.5 Å². The molecule has 1 aromatic carbocycles. The number of aryl methyl sites for hydroxylation is 1. The van der Waals surface area contributed by atoms with Crippen molar-refractivity contribution in [2.24, 2.45) is 0 Å². The average molecular weight is 411 g/mol. The van der Waals surface area contributed by atoms with Crippen molar-refractivity contribution in [3.05, 3.63) is 61.3 Å². The van der Waals surface area contributed by atoms with Gasteiger partial charge in [0.15, 0.2) is 6.79 Å². The molecule has 0 aliphatic heterocycles. The fourth-order valence-corrected chi connectivity index (χ4v) is 2.66. The van der Waals surface area contributed by atoms with Crippen LogP contribution in [0.5, 0.6) is 5.75 Å². The zero-order chi connectivity index (χ0) is 18.2. The van der Waals surface area contributed by atoms with Crippen molar-refractivity contribution >= 4 is 15.9 Å². The number of hydrogen-bond acceptors (Lipinski definition) is 4. The second kappa shape index (κ2) is 9.58. The van der Waals surface area contributed by atoms with E-state index >= 15 is 0 Å². The van der Waals surface area contributed by atoms with Crippen molar-refractivity contribution in [2.45, 2.75) is 46.4 Å². The topological polar surface area (TPSA) is 62.5 Å². The Morgan fingerprint density at radius 3 is 2.36 bits per heavy atom. The lowest BCUT2D eigenvalue weighted by Crippen LogP contribution is -2.40. The lowest BCUT2D eigenvalue weighted by atomic mass is 10.2. The Kier molecular flexibility index (Phi) is 7.46. The molecule has 6 nitrogen and oxygen atoms in total. The SMILES string of the molecule is CCCn1cc(OCOCc2ccc(Br)cc2)c(=O)n(CCC)c1=O. The summed E-state index contributed by atoms with van der Waals surface area (Å²) in [5, 5.41) is 0. The van der Waals surface area contributed by atoms with Crippen LogP contribution in [0.1, 0.15) is 32.3 Å². The normalized spacial score (nSPS) is 10.8. The minimum absolute atomic E-state index is 0.0538. The molecule has 0 aliphatic rings. The lowest BCUT2D eigenvalue weighted by molar-refractivity contribution is 0.00341. The first-order valence-corrected chi connectivity index (χ1v) is 9.15. The number of benzene rings is 1. The third-order valence-electron chi connectivity index (χ3n) is 3.60. The van der Waals surface area contributed by atoms with E-state index in [1.807, 2.05) is 38.1 Å². The molecule has 7 heteroatoms. The van der Waals surface area contributed by atoms with E-state index in [1.165, 1.54) is 15.3 Å². The highest BCUT2D eigenvalue weighted by molar-refractivity contribution is 9.10. The molecule has 0 saturated heterocycles. The summed E-state index contributed by atoms with van der Waals surface area (Å²) in [7, 11) is 0. The van der Waals surface area contributed by atoms with Crippen LogP contribution >= 0.6 is 15.9 Å². The molecule has 2 rings (SSSR count). The maximum absolute atomic E-state index is 12.4. The van der Waals surface area contributed by atoms with Gasteiger partial charge in [-0.15, -0.1) is 0 Å². The largest absolute Gasteiger partial charge is 0.460 e. The summed E-state index contributed by atoms with van der Waals surface area (Å²) >= 11 is 3.38. The summed E-state index contributed by atoms with van der Waals surface area (Å²) in [5.74, 6) is 0.136. The summed E-state index contributed by atoms with van der Waals surface area (Å²) in [6.07, 6.45) is 2.97. The predicted molar refractivity (Wildman–Crippen MR) is 100.0 cm³/mol. The van der Waals surface area contributed by atoms with Crippen molar-refractivity contribution < 1.29 is 9.47 Å². The smallest absolute Gasteiger partial charge is 0.331 e. The highest BCUT2D eigenvalue weighted by Gasteiger charge is 2.11. The molecule has 0 radical (unpaired) electrons. The quantitative estimate of drug-likeness (QED) is 0.470. The maximum Gasteiger partial charge on any atom is 0.331 e. The van der Waals surface area contributed by atoms with Gasteiger partial charge in [0.05, 0.1) is 12.8 Å². The zero-order valence-corrected chi connectivity index (χ0v) is 16.1. The van der Waals surface area contributed by atoms with Gasteiger partial charge in [-0.25, -0.2) is 4.79 Å². The van der Waals surface area contributed by atoms with E-state index < -0.39 is 5.56 Å². The van der Waals surface area contributed by atoms with Crippen LogP contribution in [0.4, 0.5) is 0 Å². The van der Waals surface area contributed by atoms with Gasteiger partial charge in [-0.3, -0.25) is 13.9 Å². The molecule has 0 unspecified atom stereocenters. The number of hydrogen-bond donors (Lipinski definition) is 0. The second-order valence-electron chi connectivity index (χ2n) is 5.66. The Balaban J connectivity index is 2.06. The molecule has 0 N–H and O–H groups in total. The van der Waals surface area contributed by atoms with Gasteiger partial charge in [0.2, 0.25) is 5.75 Å². The molecular formula is C18H23BrN2O4. The first-order chi connectivity index (χ1) is 12.1. The molecule has 0 spiro atoms. The van der Waals surface area contributed by atoms with E-state index in [1.54, 1.807) is 0 Å². The first kappa shape index (κ1) is 19.5. The zero-order valence-electron chi connectivity index (χ0n) is 14.5. The van der Waals surface area contributed by atoms with E-state index in [-0.39, 0.29) is 18.2 Å². The van der Waals surface area contributed by atoms with Crippen LogP contribution in [-0.4, -0.2) is 15.9 Å². The van der Waals surface area contributed by atoms with E-state index in [0.29, 0.717) is 26.1 Å². The fraction of sp³-hybridized carbons (Fsp3) is 0.444. The monoisotopic (exact) mass is 410 g/mol. The van der Waals surface area contributed by atoms with Crippen molar-refractivity contribution in [3.8, 4) is 5.75 Å². The molecule has 25 heavy (non-hydrogen) atoms.